The molecule has 98 valence electrons. The second-order valence-corrected chi connectivity index (χ2v) is 6.20. The largest absolute Gasteiger partial charge is 0.316 e. The van der Waals surface area contributed by atoms with Crippen molar-refractivity contribution >= 4 is 11.8 Å². The van der Waals surface area contributed by atoms with Crippen molar-refractivity contribution in [1.29, 1.82) is 0 Å². The van der Waals surface area contributed by atoms with Gasteiger partial charge in [0.1, 0.15) is 0 Å². The monoisotopic (exact) mass is 270 g/mol. The highest BCUT2D eigenvalue weighted by atomic mass is 32.2. The summed E-state index contributed by atoms with van der Waals surface area (Å²) in [7, 11) is 2.06. The highest BCUT2D eigenvalue weighted by Gasteiger charge is 2.28. The van der Waals surface area contributed by atoms with E-state index in [-0.39, 0.29) is 0 Å². The molecule has 0 bridgehead atoms. The van der Waals surface area contributed by atoms with E-state index in [1.165, 1.54) is 16.0 Å². The van der Waals surface area contributed by atoms with Crippen molar-refractivity contribution in [3.63, 3.8) is 0 Å². The van der Waals surface area contributed by atoms with Gasteiger partial charge in [-0.15, -0.1) is 11.8 Å². The third-order valence-electron chi connectivity index (χ3n) is 3.70. The SMILES string of the molecule is CNC(Cc1ccncc1)C1Cc2ccccc2S1. The molecule has 2 heterocycles. The molecular weight excluding hydrogens is 252 g/mol. The first-order chi connectivity index (χ1) is 9.36. The highest BCUT2D eigenvalue weighted by molar-refractivity contribution is 8.00. The molecule has 3 rings (SSSR count). The second kappa shape index (κ2) is 5.76. The molecule has 2 aromatic rings. The summed E-state index contributed by atoms with van der Waals surface area (Å²) in [4.78, 5) is 5.53. The van der Waals surface area contributed by atoms with E-state index in [0.717, 1.165) is 12.8 Å². The van der Waals surface area contributed by atoms with Crippen LogP contribution in [0.25, 0.3) is 0 Å². The summed E-state index contributed by atoms with van der Waals surface area (Å²) < 4.78 is 0. The average molecular weight is 270 g/mol. The maximum absolute atomic E-state index is 4.08. The lowest BCUT2D eigenvalue weighted by Gasteiger charge is -2.22. The van der Waals surface area contributed by atoms with Gasteiger partial charge >= 0.3 is 0 Å². The normalized spacial score (nSPS) is 19.1. The van der Waals surface area contributed by atoms with E-state index in [1.54, 1.807) is 0 Å². The number of likely N-dealkylation sites (N-methyl/N-ethyl adjacent to an activating group) is 1. The number of fused-ring (bicyclic) bond motifs is 1. The number of hydrogen-bond donors (Lipinski definition) is 1. The Morgan fingerprint density at radius 1 is 1.26 bits per heavy atom. The van der Waals surface area contributed by atoms with Crippen LogP contribution >= 0.6 is 11.8 Å². The van der Waals surface area contributed by atoms with E-state index in [0.29, 0.717) is 11.3 Å². The van der Waals surface area contributed by atoms with Crippen LogP contribution < -0.4 is 5.32 Å². The maximum Gasteiger partial charge on any atom is 0.0292 e. The minimum absolute atomic E-state index is 0.500. The first-order valence-electron chi connectivity index (χ1n) is 6.67. The van der Waals surface area contributed by atoms with Crippen LogP contribution in [0.1, 0.15) is 11.1 Å². The average Bonchev–Trinajstić information content (AvgIpc) is 2.89. The van der Waals surface area contributed by atoms with E-state index in [2.05, 4.69) is 53.7 Å². The van der Waals surface area contributed by atoms with Crippen LogP contribution in [0, 0.1) is 0 Å². The molecule has 1 N–H and O–H groups in total. The number of thioether (sulfide) groups is 1. The van der Waals surface area contributed by atoms with Gasteiger partial charge < -0.3 is 5.32 Å². The molecule has 2 atom stereocenters. The lowest BCUT2D eigenvalue weighted by molar-refractivity contribution is 0.537. The second-order valence-electron chi connectivity index (χ2n) is 4.92. The molecule has 0 fully saturated rings. The maximum atomic E-state index is 4.08. The molecule has 3 heteroatoms. The number of hydrogen-bond acceptors (Lipinski definition) is 3. The fourth-order valence-electron chi connectivity index (χ4n) is 2.63. The van der Waals surface area contributed by atoms with Crippen molar-refractivity contribution < 1.29 is 0 Å². The summed E-state index contributed by atoms with van der Waals surface area (Å²) in [5.41, 5.74) is 2.85. The van der Waals surface area contributed by atoms with Crippen LogP contribution in [-0.4, -0.2) is 23.3 Å². The van der Waals surface area contributed by atoms with Gasteiger partial charge in [0, 0.05) is 28.6 Å². The fraction of sp³-hybridized carbons (Fsp3) is 0.312. The Bertz CT molecular complexity index is 516. The molecular formula is C16H18N2S. The van der Waals surface area contributed by atoms with Gasteiger partial charge in [-0.3, -0.25) is 4.98 Å². The van der Waals surface area contributed by atoms with Crippen LogP contribution in [0.5, 0.6) is 0 Å². The Morgan fingerprint density at radius 3 is 2.79 bits per heavy atom. The molecule has 1 aromatic carbocycles. The van der Waals surface area contributed by atoms with Crippen LogP contribution in [0.3, 0.4) is 0 Å². The molecule has 19 heavy (non-hydrogen) atoms. The zero-order valence-corrected chi connectivity index (χ0v) is 11.9. The van der Waals surface area contributed by atoms with Gasteiger partial charge in [-0.25, -0.2) is 0 Å². The van der Waals surface area contributed by atoms with E-state index in [1.807, 2.05) is 24.2 Å². The van der Waals surface area contributed by atoms with E-state index in [9.17, 15) is 0 Å². The van der Waals surface area contributed by atoms with Crippen molar-refractivity contribution in [3.8, 4) is 0 Å². The minimum atomic E-state index is 0.500. The summed E-state index contributed by atoms with van der Waals surface area (Å²) >= 11 is 2.01. The molecule has 0 aliphatic carbocycles. The van der Waals surface area contributed by atoms with Crippen LogP contribution in [0.2, 0.25) is 0 Å². The predicted molar refractivity (Wildman–Crippen MR) is 80.6 cm³/mol. The quantitative estimate of drug-likeness (QED) is 0.924. The number of nitrogens with zero attached hydrogens (tertiary/aromatic N) is 1. The zero-order valence-electron chi connectivity index (χ0n) is 11.0. The van der Waals surface area contributed by atoms with Crippen molar-refractivity contribution in [2.75, 3.05) is 7.05 Å². The van der Waals surface area contributed by atoms with Crippen molar-refractivity contribution in [3.05, 3.63) is 59.9 Å². The number of aromatic nitrogens is 1. The van der Waals surface area contributed by atoms with Crippen LogP contribution in [-0.2, 0) is 12.8 Å². The molecule has 1 aromatic heterocycles. The molecule has 0 amide bonds. The van der Waals surface area contributed by atoms with Crippen molar-refractivity contribution in [2.24, 2.45) is 0 Å². The topological polar surface area (TPSA) is 24.9 Å². The Labute approximate surface area is 118 Å². The third kappa shape index (κ3) is 2.82. The lowest BCUT2D eigenvalue weighted by Crippen LogP contribution is -2.37. The van der Waals surface area contributed by atoms with Crippen molar-refractivity contribution in [1.82, 2.24) is 10.3 Å². The Balaban J connectivity index is 1.71. The number of nitrogens with one attached hydrogen (secondary N) is 1. The first-order valence-corrected chi connectivity index (χ1v) is 7.55. The lowest BCUT2D eigenvalue weighted by atomic mass is 9.99. The van der Waals surface area contributed by atoms with Gasteiger partial charge in [0.15, 0.2) is 0 Å². The number of pyridine rings is 1. The molecule has 1 aliphatic rings. The summed E-state index contributed by atoms with van der Waals surface area (Å²) in [6, 6.07) is 13.5. The number of benzene rings is 1. The molecule has 0 spiro atoms. The summed E-state index contributed by atoms with van der Waals surface area (Å²) in [6.45, 7) is 0. The highest BCUT2D eigenvalue weighted by Crippen LogP contribution is 2.38. The summed E-state index contributed by atoms with van der Waals surface area (Å²) in [5.74, 6) is 0. The van der Waals surface area contributed by atoms with Gasteiger partial charge in [0.2, 0.25) is 0 Å². The van der Waals surface area contributed by atoms with Gasteiger partial charge in [-0.2, -0.15) is 0 Å². The summed E-state index contributed by atoms with van der Waals surface area (Å²) in [6.07, 6.45) is 5.97. The van der Waals surface area contributed by atoms with E-state index < -0.39 is 0 Å². The molecule has 0 saturated heterocycles. The van der Waals surface area contributed by atoms with Gasteiger partial charge in [0.25, 0.3) is 0 Å². The molecule has 0 radical (unpaired) electrons. The van der Waals surface area contributed by atoms with Gasteiger partial charge in [-0.05, 0) is 49.2 Å². The molecule has 0 saturated carbocycles. The van der Waals surface area contributed by atoms with Gasteiger partial charge in [-0.1, -0.05) is 18.2 Å². The predicted octanol–water partition coefficient (Wildman–Crippen LogP) is 2.93. The summed E-state index contributed by atoms with van der Waals surface area (Å²) in [5, 5.41) is 4.11. The molecule has 1 aliphatic heterocycles. The standard InChI is InChI=1S/C16H18N2S/c1-17-14(10-12-6-8-18-9-7-12)16-11-13-4-2-3-5-15(13)19-16/h2-9,14,16-17H,10-11H2,1H3. The van der Waals surface area contributed by atoms with Crippen LogP contribution in [0.15, 0.2) is 53.7 Å². The fourth-order valence-corrected chi connectivity index (χ4v) is 4.07. The van der Waals surface area contributed by atoms with E-state index in [4.69, 9.17) is 0 Å². The molecule has 2 nitrogen and oxygen atoms in total. The Kier molecular flexibility index (Phi) is 3.85. The third-order valence-corrected chi connectivity index (χ3v) is 5.15. The minimum Gasteiger partial charge on any atom is -0.316 e. The Morgan fingerprint density at radius 2 is 2.05 bits per heavy atom. The smallest absolute Gasteiger partial charge is 0.0292 e. The van der Waals surface area contributed by atoms with Crippen molar-refractivity contribution in [2.45, 2.75) is 29.0 Å². The Hall–Kier alpha value is -1.32. The first kappa shape index (κ1) is 12.7. The van der Waals surface area contributed by atoms with Crippen LogP contribution in [0.4, 0.5) is 0 Å². The number of rotatable bonds is 4. The zero-order chi connectivity index (χ0) is 13.1. The van der Waals surface area contributed by atoms with E-state index >= 15 is 0 Å². The van der Waals surface area contributed by atoms with Gasteiger partial charge in [0.05, 0.1) is 0 Å². The molecule has 2 unspecified atom stereocenters.